The quantitative estimate of drug-likeness (QED) is 0.513. The zero-order chi connectivity index (χ0) is 20.0. The average molecular weight is 391 g/mol. The fraction of sp³-hybridized carbons (Fsp3) is 0.136. The molecule has 1 amide bonds. The van der Waals surface area contributed by atoms with E-state index in [1.54, 1.807) is 24.3 Å². The third-order valence-corrected chi connectivity index (χ3v) is 4.91. The van der Waals surface area contributed by atoms with Crippen molar-refractivity contribution >= 4 is 22.7 Å². The molecule has 1 fully saturated rings. The van der Waals surface area contributed by atoms with Gasteiger partial charge in [-0.15, -0.1) is 0 Å². The smallest absolute Gasteiger partial charge is 0.259 e. The van der Waals surface area contributed by atoms with Crippen molar-refractivity contribution in [1.29, 1.82) is 0 Å². The second kappa shape index (κ2) is 6.77. The lowest BCUT2D eigenvalue weighted by molar-refractivity contribution is 0.102. The number of benzene rings is 2. The second-order valence-corrected chi connectivity index (χ2v) is 7.05. The minimum Gasteiger partial charge on any atom is -0.335 e. The molecular weight excluding hydrogens is 376 g/mol. The van der Waals surface area contributed by atoms with Crippen molar-refractivity contribution in [2.24, 2.45) is 0 Å². The van der Waals surface area contributed by atoms with Crippen LogP contribution >= 0.6 is 0 Å². The van der Waals surface area contributed by atoms with Crippen molar-refractivity contribution < 1.29 is 18.1 Å². The van der Waals surface area contributed by atoms with Gasteiger partial charge in [0.15, 0.2) is 0 Å². The van der Waals surface area contributed by atoms with Gasteiger partial charge in [-0.25, -0.2) is 13.8 Å². The zero-order valence-corrected chi connectivity index (χ0v) is 15.2. The SMILES string of the molecule is O=C(Nc1cccc(F)c1)c1cc(C2CC2)nc2onc(-c3ccc(F)cc3)c12. The summed E-state index contributed by atoms with van der Waals surface area (Å²) in [7, 11) is 0. The third-order valence-electron chi connectivity index (χ3n) is 4.91. The lowest BCUT2D eigenvalue weighted by Gasteiger charge is -2.09. The van der Waals surface area contributed by atoms with Gasteiger partial charge >= 0.3 is 0 Å². The van der Waals surface area contributed by atoms with Crippen molar-refractivity contribution in [2.75, 3.05) is 5.32 Å². The van der Waals surface area contributed by atoms with Gasteiger partial charge in [0.05, 0.1) is 10.9 Å². The van der Waals surface area contributed by atoms with E-state index in [9.17, 15) is 13.6 Å². The lowest BCUT2D eigenvalue weighted by Crippen LogP contribution is -2.13. The molecule has 1 saturated carbocycles. The van der Waals surface area contributed by atoms with E-state index in [1.807, 2.05) is 0 Å². The number of halogens is 2. The number of fused-ring (bicyclic) bond motifs is 1. The van der Waals surface area contributed by atoms with Crippen molar-refractivity contribution in [3.63, 3.8) is 0 Å². The summed E-state index contributed by atoms with van der Waals surface area (Å²) < 4.78 is 32.2. The van der Waals surface area contributed by atoms with Gasteiger partial charge in [-0.3, -0.25) is 4.79 Å². The number of pyridine rings is 1. The van der Waals surface area contributed by atoms with Crippen molar-refractivity contribution in [3.05, 3.63) is 77.5 Å². The number of hydrogen-bond acceptors (Lipinski definition) is 4. The molecule has 0 saturated heterocycles. The summed E-state index contributed by atoms with van der Waals surface area (Å²) in [6.45, 7) is 0. The zero-order valence-electron chi connectivity index (χ0n) is 15.2. The van der Waals surface area contributed by atoms with E-state index in [4.69, 9.17) is 4.52 Å². The van der Waals surface area contributed by atoms with E-state index >= 15 is 0 Å². The Morgan fingerprint density at radius 3 is 2.55 bits per heavy atom. The molecule has 2 aromatic carbocycles. The second-order valence-electron chi connectivity index (χ2n) is 7.05. The molecule has 2 aromatic heterocycles. The third kappa shape index (κ3) is 3.35. The molecule has 0 atom stereocenters. The molecule has 5 rings (SSSR count). The van der Waals surface area contributed by atoms with Crippen LogP contribution in [0.5, 0.6) is 0 Å². The Balaban J connectivity index is 1.64. The summed E-state index contributed by atoms with van der Waals surface area (Å²) in [5.74, 6) is -0.950. The highest BCUT2D eigenvalue weighted by Gasteiger charge is 2.29. The molecule has 144 valence electrons. The van der Waals surface area contributed by atoms with Crippen LogP contribution in [0.2, 0.25) is 0 Å². The topological polar surface area (TPSA) is 68.0 Å². The minimum atomic E-state index is -0.446. The predicted octanol–water partition coefficient (Wildman–Crippen LogP) is 5.30. The van der Waals surface area contributed by atoms with E-state index in [2.05, 4.69) is 15.5 Å². The summed E-state index contributed by atoms with van der Waals surface area (Å²) in [6, 6.07) is 13.2. The van der Waals surface area contributed by atoms with Crippen LogP contribution in [0, 0.1) is 11.6 Å². The van der Waals surface area contributed by atoms with E-state index in [0.717, 1.165) is 18.5 Å². The molecule has 1 N–H and O–H groups in total. The monoisotopic (exact) mass is 391 g/mol. The Kier molecular flexibility index (Phi) is 4.08. The first-order valence-corrected chi connectivity index (χ1v) is 9.21. The number of carbonyl (C=O) groups is 1. The lowest BCUT2D eigenvalue weighted by atomic mass is 10.0. The van der Waals surface area contributed by atoms with E-state index in [0.29, 0.717) is 33.8 Å². The molecular formula is C22H15F2N3O2. The van der Waals surface area contributed by atoms with Gasteiger partial charge in [0.1, 0.15) is 17.3 Å². The van der Waals surface area contributed by atoms with Gasteiger partial charge in [-0.05, 0) is 61.4 Å². The summed E-state index contributed by atoms with van der Waals surface area (Å²) in [5.41, 5.74) is 2.70. The van der Waals surface area contributed by atoms with Crippen LogP contribution < -0.4 is 5.32 Å². The van der Waals surface area contributed by atoms with Crippen molar-refractivity contribution in [2.45, 2.75) is 18.8 Å². The van der Waals surface area contributed by atoms with Crippen molar-refractivity contribution in [3.8, 4) is 11.3 Å². The van der Waals surface area contributed by atoms with Gasteiger partial charge in [-0.2, -0.15) is 0 Å². The predicted molar refractivity (Wildman–Crippen MR) is 104 cm³/mol. The standard InChI is InChI=1S/C22H15F2N3O2/c23-14-8-6-13(7-9-14)20-19-17(21(28)25-16-3-1-2-15(24)10-16)11-18(12-4-5-12)26-22(19)29-27-20/h1-3,6-12H,4-5H2,(H,25,28). The van der Waals surface area contributed by atoms with E-state index in [-0.39, 0.29) is 11.5 Å². The van der Waals surface area contributed by atoms with Gasteiger partial charge < -0.3 is 9.84 Å². The number of nitrogens with one attached hydrogen (secondary N) is 1. The maximum absolute atomic E-state index is 13.5. The fourth-order valence-corrected chi connectivity index (χ4v) is 3.31. The fourth-order valence-electron chi connectivity index (χ4n) is 3.31. The van der Waals surface area contributed by atoms with E-state index < -0.39 is 11.7 Å². The normalized spacial score (nSPS) is 13.6. The molecule has 0 unspecified atom stereocenters. The first-order valence-electron chi connectivity index (χ1n) is 9.21. The van der Waals surface area contributed by atoms with Gasteiger partial charge in [0.2, 0.25) is 0 Å². The van der Waals surface area contributed by atoms with Crippen molar-refractivity contribution in [1.82, 2.24) is 10.1 Å². The van der Waals surface area contributed by atoms with Crippen LogP contribution in [-0.4, -0.2) is 16.0 Å². The Labute approximate surface area is 164 Å². The Hall–Kier alpha value is -3.61. The minimum absolute atomic E-state index is 0.248. The number of anilines is 1. The van der Waals surface area contributed by atoms with Gasteiger partial charge in [0.25, 0.3) is 11.6 Å². The maximum atomic E-state index is 13.5. The molecule has 7 heteroatoms. The van der Waals surface area contributed by atoms with Crippen LogP contribution in [0.4, 0.5) is 14.5 Å². The first-order chi connectivity index (χ1) is 14.1. The molecule has 0 spiro atoms. The summed E-state index contributed by atoms with van der Waals surface area (Å²) in [4.78, 5) is 17.6. The summed E-state index contributed by atoms with van der Waals surface area (Å²) in [5, 5.41) is 7.24. The van der Waals surface area contributed by atoms with Gasteiger partial charge in [0, 0.05) is 22.9 Å². The molecule has 1 aliphatic carbocycles. The Morgan fingerprint density at radius 1 is 1.03 bits per heavy atom. The Morgan fingerprint density at radius 2 is 1.83 bits per heavy atom. The number of carbonyl (C=O) groups excluding carboxylic acids is 1. The number of rotatable bonds is 4. The Bertz CT molecular complexity index is 1230. The first kappa shape index (κ1) is 17.5. The highest BCUT2D eigenvalue weighted by molar-refractivity contribution is 6.14. The van der Waals surface area contributed by atoms with Gasteiger partial charge in [-0.1, -0.05) is 11.2 Å². The van der Waals surface area contributed by atoms with Crippen LogP contribution in [0.25, 0.3) is 22.4 Å². The molecule has 1 aliphatic rings. The number of nitrogens with zero attached hydrogens (tertiary/aromatic N) is 2. The maximum Gasteiger partial charge on any atom is 0.259 e. The molecule has 0 aliphatic heterocycles. The highest BCUT2D eigenvalue weighted by Crippen LogP contribution is 2.41. The molecule has 0 radical (unpaired) electrons. The number of amides is 1. The van der Waals surface area contributed by atoms with Crippen LogP contribution in [0.15, 0.2) is 59.1 Å². The van der Waals surface area contributed by atoms with Crippen LogP contribution in [-0.2, 0) is 0 Å². The molecule has 29 heavy (non-hydrogen) atoms. The number of hydrogen-bond donors (Lipinski definition) is 1. The largest absolute Gasteiger partial charge is 0.335 e. The molecule has 5 nitrogen and oxygen atoms in total. The molecule has 4 aromatic rings. The van der Waals surface area contributed by atoms with Crippen LogP contribution in [0.1, 0.15) is 34.8 Å². The van der Waals surface area contributed by atoms with E-state index in [1.165, 1.54) is 30.3 Å². The average Bonchev–Trinajstić information content (AvgIpc) is 3.47. The summed E-state index contributed by atoms with van der Waals surface area (Å²) >= 11 is 0. The highest BCUT2D eigenvalue weighted by atomic mass is 19.1. The summed E-state index contributed by atoms with van der Waals surface area (Å²) in [6.07, 6.45) is 2.00. The molecule has 2 heterocycles. The van der Waals surface area contributed by atoms with Crippen LogP contribution in [0.3, 0.4) is 0 Å². The molecule has 0 bridgehead atoms. The number of aromatic nitrogens is 2.